The van der Waals surface area contributed by atoms with Crippen LogP contribution < -0.4 is 4.74 Å². The van der Waals surface area contributed by atoms with Gasteiger partial charge in [-0.15, -0.1) is 0 Å². The van der Waals surface area contributed by atoms with Gasteiger partial charge in [-0.3, -0.25) is 9.30 Å². The van der Waals surface area contributed by atoms with Crippen LogP contribution in [0, 0.1) is 17.6 Å². The van der Waals surface area contributed by atoms with E-state index in [0.717, 1.165) is 54.5 Å². The number of methoxy groups -OCH3 is 1. The summed E-state index contributed by atoms with van der Waals surface area (Å²) >= 11 is 5.81. The van der Waals surface area contributed by atoms with E-state index in [4.69, 9.17) is 22.1 Å². The molecule has 1 aliphatic heterocycles. The topological polar surface area (TPSA) is 37.9 Å². The molecule has 150 valence electrons. The fourth-order valence-corrected chi connectivity index (χ4v) is 4.37. The first-order chi connectivity index (χ1) is 13.5. The molecule has 4 rings (SSSR count). The number of fused-ring (bicyclic) bond motifs is 3. The van der Waals surface area contributed by atoms with Crippen molar-refractivity contribution in [3.8, 4) is 5.75 Å². The van der Waals surface area contributed by atoms with Crippen molar-refractivity contribution in [1.29, 1.82) is 0 Å². The first-order valence-electron chi connectivity index (χ1n) is 9.98. The number of ether oxygens (including phenoxy) is 1. The molecule has 7 heteroatoms. The highest BCUT2D eigenvalue weighted by molar-refractivity contribution is 7.71. The molecule has 6 nitrogen and oxygen atoms in total. The first-order valence-corrected chi connectivity index (χ1v) is 10.4. The summed E-state index contributed by atoms with van der Waals surface area (Å²) in [5, 5.41) is 5.99. The van der Waals surface area contributed by atoms with Crippen molar-refractivity contribution >= 4 is 28.8 Å². The number of nitrogens with zero attached hydrogens (tertiary/aromatic N) is 5. The van der Waals surface area contributed by atoms with Crippen LogP contribution in [0.15, 0.2) is 24.3 Å². The molecular weight excluding hydrogens is 370 g/mol. The number of aromatic nitrogens is 3. The highest BCUT2D eigenvalue weighted by Crippen LogP contribution is 2.25. The highest BCUT2D eigenvalue weighted by Gasteiger charge is 2.19. The van der Waals surface area contributed by atoms with Gasteiger partial charge in [0.15, 0.2) is 5.65 Å². The molecule has 3 aromatic rings. The molecule has 3 heterocycles. The van der Waals surface area contributed by atoms with Gasteiger partial charge < -0.3 is 9.64 Å². The fourth-order valence-electron chi connectivity index (χ4n) is 4.08. The van der Waals surface area contributed by atoms with E-state index >= 15 is 0 Å². The summed E-state index contributed by atoms with van der Waals surface area (Å²) in [6, 6.07) is 8.24. The van der Waals surface area contributed by atoms with E-state index in [1.807, 2.05) is 16.8 Å². The standard InChI is InChI=1S/C21H29N5OS/c1-15(2)13-23-7-9-24(10-8-23)14-25-21(28)26-19-12-17(27-4)5-6-18(19)16(3)11-20(26)22-25/h5-6,11-12,15H,7-10,13-14H2,1-4H3. The van der Waals surface area contributed by atoms with Gasteiger partial charge in [-0.25, -0.2) is 4.68 Å². The number of pyridine rings is 1. The molecule has 0 N–H and O–H groups in total. The molecule has 0 radical (unpaired) electrons. The molecule has 0 saturated carbocycles. The van der Waals surface area contributed by atoms with Crippen molar-refractivity contribution in [3.05, 3.63) is 34.6 Å². The van der Waals surface area contributed by atoms with Crippen molar-refractivity contribution in [1.82, 2.24) is 24.0 Å². The molecule has 0 amide bonds. The maximum absolute atomic E-state index is 5.81. The number of hydrogen-bond acceptors (Lipinski definition) is 5. The fraction of sp³-hybridized carbons (Fsp3) is 0.524. The van der Waals surface area contributed by atoms with Gasteiger partial charge in [-0.05, 0) is 48.8 Å². The molecule has 0 spiro atoms. The number of hydrogen-bond donors (Lipinski definition) is 0. The van der Waals surface area contributed by atoms with E-state index in [1.165, 1.54) is 17.5 Å². The normalized spacial score (nSPS) is 16.5. The van der Waals surface area contributed by atoms with Crippen LogP contribution in [0.1, 0.15) is 19.4 Å². The quantitative estimate of drug-likeness (QED) is 0.613. The van der Waals surface area contributed by atoms with Crippen LogP contribution in [0.25, 0.3) is 16.6 Å². The van der Waals surface area contributed by atoms with E-state index in [1.54, 1.807) is 7.11 Å². The maximum atomic E-state index is 5.81. The molecule has 0 atom stereocenters. The summed E-state index contributed by atoms with van der Waals surface area (Å²) < 4.78 is 10.2. The Balaban J connectivity index is 1.63. The molecule has 0 aliphatic carbocycles. The summed E-state index contributed by atoms with van der Waals surface area (Å²) in [5.41, 5.74) is 3.13. The van der Waals surface area contributed by atoms with Gasteiger partial charge in [0.2, 0.25) is 4.77 Å². The minimum atomic E-state index is 0.715. The lowest BCUT2D eigenvalue weighted by molar-refractivity contribution is 0.0952. The average molecular weight is 400 g/mol. The Kier molecular flexibility index (Phi) is 5.40. The number of aryl methyl sites for hydroxylation is 1. The van der Waals surface area contributed by atoms with Crippen molar-refractivity contribution in [3.63, 3.8) is 0 Å². The van der Waals surface area contributed by atoms with Gasteiger partial charge in [-0.2, -0.15) is 5.10 Å². The number of rotatable bonds is 5. The summed E-state index contributed by atoms with van der Waals surface area (Å²) in [7, 11) is 1.69. The Morgan fingerprint density at radius 2 is 1.82 bits per heavy atom. The van der Waals surface area contributed by atoms with Crippen LogP contribution >= 0.6 is 12.2 Å². The Morgan fingerprint density at radius 3 is 2.50 bits per heavy atom. The monoisotopic (exact) mass is 399 g/mol. The molecule has 1 saturated heterocycles. The van der Waals surface area contributed by atoms with Crippen LogP contribution in [-0.4, -0.2) is 63.8 Å². The summed E-state index contributed by atoms with van der Waals surface area (Å²) in [5.74, 6) is 1.54. The first kappa shape index (κ1) is 19.4. The zero-order valence-electron chi connectivity index (χ0n) is 17.2. The summed E-state index contributed by atoms with van der Waals surface area (Å²) in [4.78, 5) is 4.99. The van der Waals surface area contributed by atoms with Crippen molar-refractivity contribution in [2.45, 2.75) is 27.4 Å². The van der Waals surface area contributed by atoms with Crippen LogP contribution in [0.3, 0.4) is 0 Å². The summed E-state index contributed by atoms with van der Waals surface area (Å²) in [6.45, 7) is 12.9. The highest BCUT2D eigenvalue weighted by atomic mass is 32.1. The van der Waals surface area contributed by atoms with E-state index in [-0.39, 0.29) is 0 Å². The SMILES string of the molecule is COc1ccc2c(C)cc3nn(CN4CCN(CC(C)C)CC4)c(=S)n3c2c1. The molecule has 1 fully saturated rings. The lowest BCUT2D eigenvalue weighted by Gasteiger charge is -2.35. The smallest absolute Gasteiger partial charge is 0.204 e. The van der Waals surface area contributed by atoms with Crippen molar-refractivity contribution in [2.24, 2.45) is 5.92 Å². The third-order valence-corrected chi connectivity index (χ3v) is 5.90. The minimum absolute atomic E-state index is 0.715. The van der Waals surface area contributed by atoms with E-state index in [9.17, 15) is 0 Å². The van der Waals surface area contributed by atoms with Gasteiger partial charge >= 0.3 is 0 Å². The Labute approximate surface area is 171 Å². The number of benzene rings is 1. The lowest BCUT2D eigenvalue weighted by Crippen LogP contribution is -2.47. The lowest BCUT2D eigenvalue weighted by atomic mass is 10.1. The molecule has 28 heavy (non-hydrogen) atoms. The van der Waals surface area contributed by atoms with Gasteiger partial charge in [0.05, 0.1) is 19.3 Å². The van der Waals surface area contributed by atoms with Gasteiger partial charge in [0, 0.05) is 44.2 Å². The van der Waals surface area contributed by atoms with Gasteiger partial charge in [0.1, 0.15) is 5.75 Å². The summed E-state index contributed by atoms with van der Waals surface area (Å²) in [6.07, 6.45) is 0. The molecule has 0 unspecified atom stereocenters. The van der Waals surface area contributed by atoms with E-state index in [0.29, 0.717) is 5.92 Å². The van der Waals surface area contributed by atoms with Crippen molar-refractivity contribution in [2.75, 3.05) is 39.8 Å². The molecule has 1 aliphatic rings. The average Bonchev–Trinajstić information content (AvgIpc) is 2.98. The molecular formula is C21H29N5OS. The maximum Gasteiger partial charge on any atom is 0.204 e. The van der Waals surface area contributed by atoms with Gasteiger partial charge in [0.25, 0.3) is 0 Å². The van der Waals surface area contributed by atoms with Crippen LogP contribution in [0.4, 0.5) is 0 Å². The molecule has 1 aromatic carbocycles. The zero-order chi connectivity index (χ0) is 19.8. The predicted octanol–water partition coefficient (Wildman–Crippen LogP) is 3.57. The third kappa shape index (κ3) is 3.66. The number of piperazine rings is 1. The molecule has 2 aromatic heterocycles. The second-order valence-electron chi connectivity index (χ2n) is 8.14. The Hall–Kier alpha value is -1.96. The second-order valence-corrected chi connectivity index (χ2v) is 8.51. The largest absolute Gasteiger partial charge is 0.497 e. The molecule has 0 bridgehead atoms. The van der Waals surface area contributed by atoms with Crippen LogP contribution in [-0.2, 0) is 6.67 Å². The van der Waals surface area contributed by atoms with Crippen LogP contribution in [0.5, 0.6) is 5.75 Å². The Bertz CT molecular complexity index is 1050. The minimum Gasteiger partial charge on any atom is -0.497 e. The predicted molar refractivity (Wildman–Crippen MR) is 116 cm³/mol. The van der Waals surface area contributed by atoms with Crippen molar-refractivity contribution < 1.29 is 4.74 Å². The van der Waals surface area contributed by atoms with Crippen LogP contribution in [0.2, 0.25) is 0 Å². The van der Waals surface area contributed by atoms with E-state index < -0.39 is 0 Å². The van der Waals surface area contributed by atoms with E-state index in [2.05, 4.69) is 47.1 Å². The van der Waals surface area contributed by atoms with Gasteiger partial charge in [-0.1, -0.05) is 13.8 Å². The third-order valence-electron chi connectivity index (χ3n) is 5.50. The second kappa shape index (κ2) is 7.81. The zero-order valence-corrected chi connectivity index (χ0v) is 18.0. The Morgan fingerprint density at radius 1 is 1.11 bits per heavy atom.